The molecule has 0 spiro atoms. The SMILES string of the molecule is CCOc1cccc(-c2ccc(C(C3=C(O)CC(C)(C)CC3=O)C3=C(O)CC(C)(C)CC3=O)s2)c1. The van der Waals surface area contributed by atoms with Gasteiger partial charge in [0.25, 0.3) is 0 Å². The summed E-state index contributed by atoms with van der Waals surface area (Å²) >= 11 is 1.47. The Hall–Kier alpha value is -2.86. The first-order valence-corrected chi connectivity index (χ1v) is 13.0. The van der Waals surface area contributed by atoms with Gasteiger partial charge in [0.1, 0.15) is 17.3 Å². The number of ketones is 2. The summed E-state index contributed by atoms with van der Waals surface area (Å²) in [6.07, 6.45) is 1.27. The van der Waals surface area contributed by atoms with E-state index < -0.39 is 5.92 Å². The molecule has 0 radical (unpaired) electrons. The maximum absolute atomic E-state index is 13.4. The average molecular weight is 495 g/mol. The summed E-state index contributed by atoms with van der Waals surface area (Å²) in [6.45, 7) is 10.3. The maximum Gasteiger partial charge on any atom is 0.163 e. The molecule has 0 amide bonds. The van der Waals surface area contributed by atoms with Crippen molar-refractivity contribution in [3.63, 3.8) is 0 Å². The second-order valence-electron chi connectivity index (χ2n) is 11.2. The molecule has 1 heterocycles. The zero-order valence-electron chi connectivity index (χ0n) is 21.1. The van der Waals surface area contributed by atoms with E-state index in [0.717, 1.165) is 21.1 Å². The smallest absolute Gasteiger partial charge is 0.163 e. The number of carbonyl (C=O) groups excluding carboxylic acids is 2. The van der Waals surface area contributed by atoms with Crippen LogP contribution in [0.25, 0.3) is 10.4 Å². The first-order chi connectivity index (χ1) is 16.4. The summed E-state index contributed by atoms with van der Waals surface area (Å²) in [5.41, 5.74) is 0.745. The van der Waals surface area contributed by atoms with Gasteiger partial charge in [0.15, 0.2) is 11.6 Å². The molecule has 0 fully saturated rings. The normalized spacial score (nSPS) is 20.1. The number of aliphatic hydroxyl groups excluding tert-OH is 2. The van der Waals surface area contributed by atoms with Gasteiger partial charge in [0.05, 0.1) is 12.5 Å². The molecule has 1 aromatic carbocycles. The van der Waals surface area contributed by atoms with Crippen molar-refractivity contribution >= 4 is 22.9 Å². The van der Waals surface area contributed by atoms with Gasteiger partial charge in [-0.3, -0.25) is 9.59 Å². The molecule has 186 valence electrons. The van der Waals surface area contributed by atoms with Gasteiger partial charge in [0.2, 0.25) is 0 Å². The van der Waals surface area contributed by atoms with E-state index in [1.165, 1.54) is 11.3 Å². The van der Waals surface area contributed by atoms with E-state index >= 15 is 0 Å². The van der Waals surface area contributed by atoms with Crippen LogP contribution in [0.2, 0.25) is 0 Å². The molecule has 0 unspecified atom stereocenters. The fourth-order valence-corrected chi connectivity index (χ4v) is 6.38. The van der Waals surface area contributed by atoms with Crippen LogP contribution < -0.4 is 4.74 Å². The van der Waals surface area contributed by atoms with Crippen molar-refractivity contribution in [1.29, 1.82) is 0 Å². The van der Waals surface area contributed by atoms with Gasteiger partial charge >= 0.3 is 0 Å². The predicted octanol–water partition coefficient (Wildman–Crippen LogP) is 7.30. The Morgan fingerprint density at radius 2 is 1.46 bits per heavy atom. The van der Waals surface area contributed by atoms with E-state index in [1.807, 2.05) is 71.0 Å². The molecule has 0 bridgehead atoms. The van der Waals surface area contributed by atoms with Crippen LogP contribution in [0.5, 0.6) is 5.75 Å². The van der Waals surface area contributed by atoms with Crippen LogP contribution in [0.4, 0.5) is 0 Å². The van der Waals surface area contributed by atoms with Crippen molar-refractivity contribution in [2.75, 3.05) is 6.61 Å². The van der Waals surface area contributed by atoms with Gasteiger partial charge in [-0.1, -0.05) is 39.8 Å². The molecular formula is C29H34O5S. The molecule has 35 heavy (non-hydrogen) atoms. The minimum atomic E-state index is -0.781. The van der Waals surface area contributed by atoms with Gasteiger partial charge in [-0.15, -0.1) is 11.3 Å². The van der Waals surface area contributed by atoms with E-state index in [9.17, 15) is 19.8 Å². The lowest BCUT2D eigenvalue weighted by atomic mass is 9.68. The molecule has 2 aliphatic rings. The summed E-state index contributed by atoms with van der Waals surface area (Å²) in [5.74, 6) is -0.322. The molecule has 2 aromatic rings. The first kappa shape index (κ1) is 25.2. The molecule has 6 heteroatoms. The lowest BCUT2D eigenvalue weighted by Crippen LogP contribution is -2.33. The van der Waals surface area contributed by atoms with Gasteiger partial charge in [0, 0.05) is 46.6 Å². The molecule has 1 aromatic heterocycles. The first-order valence-electron chi connectivity index (χ1n) is 12.1. The van der Waals surface area contributed by atoms with Crippen LogP contribution in [0.3, 0.4) is 0 Å². The van der Waals surface area contributed by atoms with Gasteiger partial charge in [-0.25, -0.2) is 0 Å². The average Bonchev–Trinajstić information content (AvgIpc) is 3.20. The highest BCUT2D eigenvalue weighted by Crippen LogP contribution is 2.49. The largest absolute Gasteiger partial charge is 0.512 e. The van der Waals surface area contributed by atoms with E-state index in [4.69, 9.17) is 4.74 Å². The highest BCUT2D eigenvalue weighted by atomic mass is 32.1. The van der Waals surface area contributed by atoms with Gasteiger partial charge in [-0.05, 0) is 47.6 Å². The number of ether oxygens (including phenoxy) is 1. The minimum absolute atomic E-state index is 0.0162. The number of hydrogen-bond acceptors (Lipinski definition) is 6. The van der Waals surface area contributed by atoms with Gasteiger partial charge in [-0.2, -0.15) is 0 Å². The van der Waals surface area contributed by atoms with Crippen molar-refractivity contribution < 1.29 is 24.5 Å². The number of rotatable bonds is 6. The van der Waals surface area contributed by atoms with Crippen molar-refractivity contribution in [2.45, 2.75) is 66.2 Å². The van der Waals surface area contributed by atoms with E-state index in [-0.39, 0.29) is 57.9 Å². The van der Waals surface area contributed by atoms with Crippen LogP contribution >= 0.6 is 11.3 Å². The molecule has 0 aliphatic heterocycles. The predicted molar refractivity (Wildman–Crippen MR) is 139 cm³/mol. The second-order valence-corrected chi connectivity index (χ2v) is 12.3. The van der Waals surface area contributed by atoms with Crippen LogP contribution in [0.15, 0.2) is 59.1 Å². The van der Waals surface area contributed by atoms with Gasteiger partial charge < -0.3 is 14.9 Å². The van der Waals surface area contributed by atoms with E-state index in [1.54, 1.807) is 0 Å². The third kappa shape index (κ3) is 5.22. The molecule has 0 atom stereocenters. The van der Waals surface area contributed by atoms with Crippen molar-refractivity contribution in [2.24, 2.45) is 10.8 Å². The highest BCUT2D eigenvalue weighted by Gasteiger charge is 2.44. The zero-order valence-corrected chi connectivity index (χ0v) is 21.9. The molecule has 5 nitrogen and oxygen atoms in total. The fraction of sp³-hybridized carbons (Fsp3) is 0.448. The van der Waals surface area contributed by atoms with Crippen LogP contribution in [-0.4, -0.2) is 28.4 Å². The summed E-state index contributed by atoms with van der Waals surface area (Å²) in [5, 5.41) is 22.1. The highest BCUT2D eigenvalue weighted by molar-refractivity contribution is 7.15. The van der Waals surface area contributed by atoms with E-state index in [0.29, 0.717) is 19.4 Å². The van der Waals surface area contributed by atoms with Crippen LogP contribution in [0, 0.1) is 10.8 Å². The fourth-order valence-electron chi connectivity index (χ4n) is 5.26. The standard InChI is InChI=1S/C29H34O5S/c1-6-34-18-9-7-8-17(12-18)23-10-11-24(35-23)27(25-19(30)13-28(2,3)14-20(25)31)26-21(32)15-29(4,5)16-22(26)33/h7-12,27,30,32H,6,13-16H2,1-5H3. The topological polar surface area (TPSA) is 83.8 Å². The summed E-state index contributed by atoms with van der Waals surface area (Å²) < 4.78 is 5.64. The van der Waals surface area contributed by atoms with E-state index in [2.05, 4.69) is 0 Å². The number of benzene rings is 1. The Labute approximate surface area is 211 Å². The Bertz CT molecular complexity index is 1180. The lowest BCUT2D eigenvalue weighted by molar-refractivity contribution is -0.119. The van der Waals surface area contributed by atoms with Crippen molar-refractivity contribution in [3.05, 3.63) is 63.9 Å². The molecular weight excluding hydrogens is 460 g/mol. The Balaban J connectivity index is 1.85. The van der Waals surface area contributed by atoms with Crippen molar-refractivity contribution in [1.82, 2.24) is 0 Å². The number of carbonyl (C=O) groups is 2. The maximum atomic E-state index is 13.4. The van der Waals surface area contributed by atoms with Crippen molar-refractivity contribution in [3.8, 4) is 16.2 Å². The number of aliphatic hydroxyl groups is 2. The monoisotopic (exact) mass is 494 g/mol. The molecule has 4 rings (SSSR count). The number of allylic oxidation sites excluding steroid dienone is 4. The second kappa shape index (κ2) is 9.30. The van der Waals surface area contributed by atoms with Crippen LogP contribution in [0.1, 0.15) is 71.1 Å². The van der Waals surface area contributed by atoms with Crippen LogP contribution in [-0.2, 0) is 9.59 Å². The third-order valence-electron chi connectivity index (χ3n) is 6.71. The molecule has 2 aliphatic carbocycles. The molecule has 2 N–H and O–H groups in total. The Kier molecular flexibility index (Phi) is 6.71. The zero-order chi connectivity index (χ0) is 25.5. The summed E-state index contributed by atoms with van der Waals surface area (Å²) in [6, 6.07) is 11.6. The summed E-state index contributed by atoms with van der Waals surface area (Å²) in [7, 11) is 0. The molecule has 0 saturated carbocycles. The quantitative estimate of drug-likeness (QED) is 0.440. The lowest BCUT2D eigenvalue weighted by Gasteiger charge is -2.36. The Morgan fingerprint density at radius 3 is 1.97 bits per heavy atom. The summed E-state index contributed by atoms with van der Waals surface area (Å²) in [4.78, 5) is 28.4. The minimum Gasteiger partial charge on any atom is -0.512 e. The Morgan fingerprint density at radius 1 is 0.886 bits per heavy atom. The molecule has 0 saturated heterocycles. The number of Topliss-reactive ketones (excluding diaryl/α,β-unsaturated/α-hetero) is 2. The third-order valence-corrected chi connectivity index (χ3v) is 7.91. The number of hydrogen-bond donors (Lipinski definition) is 2. The number of thiophene rings is 1.